The van der Waals surface area contributed by atoms with Crippen LogP contribution in [0.25, 0.3) is 16.9 Å². The first-order chi connectivity index (χ1) is 17.5. The number of rotatable bonds is 8. The minimum absolute atomic E-state index is 0.261. The van der Waals surface area contributed by atoms with E-state index < -0.39 is 0 Å². The second kappa shape index (κ2) is 9.70. The monoisotopic (exact) mass is 485 g/mol. The summed E-state index contributed by atoms with van der Waals surface area (Å²) >= 11 is 0. The van der Waals surface area contributed by atoms with Gasteiger partial charge in [0.25, 0.3) is 11.8 Å². The van der Waals surface area contributed by atoms with Crippen LogP contribution in [-0.2, 0) is 13.6 Å². The van der Waals surface area contributed by atoms with Gasteiger partial charge in [0, 0.05) is 37.3 Å². The third-order valence-electron chi connectivity index (χ3n) is 5.28. The zero-order valence-electron chi connectivity index (χ0n) is 19.8. The predicted octanol–water partition coefficient (Wildman–Crippen LogP) is 2.61. The zero-order chi connectivity index (χ0) is 25.1. The van der Waals surface area contributed by atoms with Gasteiger partial charge in [-0.25, -0.2) is 24.5 Å². The number of nitrogens with zero attached hydrogens (tertiary/aromatic N) is 7. The molecular weight excluding hydrogens is 462 g/mol. The maximum atomic E-state index is 12.2. The molecule has 0 saturated heterocycles. The highest BCUT2D eigenvalue weighted by Gasteiger charge is 2.12. The lowest BCUT2D eigenvalue weighted by Crippen LogP contribution is -2.23. The van der Waals surface area contributed by atoms with E-state index in [0.717, 1.165) is 5.56 Å². The molecule has 5 aromatic heterocycles. The van der Waals surface area contributed by atoms with Crippen molar-refractivity contribution >= 4 is 23.2 Å². The third kappa shape index (κ3) is 4.78. The first-order valence-electron chi connectivity index (χ1n) is 11.0. The third-order valence-corrected chi connectivity index (χ3v) is 5.28. The maximum absolute atomic E-state index is 12.2. The van der Waals surface area contributed by atoms with Crippen molar-refractivity contribution in [3.8, 4) is 22.9 Å². The molecule has 5 rings (SSSR count). The lowest BCUT2D eigenvalue weighted by Gasteiger charge is -2.08. The van der Waals surface area contributed by atoms with E-state index in [0.29, 0.717) is 46.0 Å². The van der Waals surface area contributed by atoms with Crippen LogP contribution >= 0.6 is 0 Å². The summed E-state index contributed by atoms with van der Waals surface area (Å²) in [6, 6.07) is 11.0. The molecule has 5 heterocycles. The minimum Gasteiger partial charge on any atom is -0.491 e. The van der Waals surface area contributed by atoms with E-state index in [2.05, 4.69) is 35.7 Å². The fourth-order valence-corrected chi connectivity index (χ4v) is 3.54. The second-order valence-corrected chi connectivity index (χ2v) is 7.83. The van der Waals surface area contributed by atoms with Crippen LogP contribution < -0.4 is 20.1 Å². The summed E-state index contributed by atoms with van der Waals surface area (Å²) in [5.41, 5.74) is 3.18. The number of aryl methyl sites for hydroxylation is 1. The Kier molecular flexibility index (Phi) is 6.14. The van der Waals surface area contributed by atoms with Crippen LogP contribution in [0.3, 0.4) is 0 Å². The lowest BCUT2D eigenvalue weighted by atomic mass is 10.2. The Balaban J connectivity index is 1.30. The van der Waals surface area contributed by atoms with Crippen molar-refractivity contribution in [3.63, 3.8) is 0 Å². The number of nitrogens with one attached hydrogen (secondary N) is 2. The van der Waals surface area contributed by atoms with Crippen LogP contribution in [0.2, 0.25) is 0 Å². The van der Waals surface area contributed by atoms with Gasteiger partial charge in [-0.15, -0.1) is 5.10 Å². The Bertz CT molecular complexity index is 1540. The Morgan fingerprint density at radius 2 is 1.94 bits per heavy atom. The normalized spacial score (nSPS) is 10.9. The molecule has 0 radical (unpaired) electrons. The van der Waals surface area contributed by atoms with Gasteiger partial charge in [0.05, 0.1) is 38.5 Å². The Labute approximate surface area is 206 Å². The average molecular weight is 486 g/mol. The van der Waals surface area contributed by atoms with Gasteiger partial charge < -0.3 is 24.7 Å². The molecule has 12 heteroatoms. The van der Waals surface area contributed by atoms with Crippen molar-refractivity contribution in [3.05, 3.63) is 72.7 Å². The summed E-state index contributed by atoms with van der Waals surface area (Å²) in [5.74, 6) is 1.83. The molecule has 12 nitrogen and oxygen atoms in total. The van der Waals surface area contributed by atoms with Gasteiger partial charge in [-0.1, -0.05) is 6.07 Å². The fraction of sp³-hybridized carbons (Fsp3) is 0.167. The van der Waals surface area contributed by atoms with Crippen LogP contribution in [0.4, 0.5) is 11.6 Å². The van der Waals surface area contributed by atoms with Crippen LogP contribution in [0, 0.1) is 0 Å². The van der Waals surface area contributed by atoms with Gasteiger partial charge in [-0.3, -0.25) is 4.79 Å². The van der Waals surface area contributed by atoms with E-state index in [1.54, 1.807) is 42.0 Å². The van der Waals surface area contributed by atoms with E-state index in [4.69, 9.17) is 9.47 Å². The number of methoxy groups -OCH3 is 2. The number of aromatic nitrogens is 7. The van der Waals surface area contributed by atoms with Crippen LogP contribution in [0.15, 0.2) is 61.3 Å². The van der Waals surface area contributed by atoms with Gasteiger partial charge >= 0.3 is 0 Å². The van der Waals surface area contributed by atoms with Gasteiger partial charge in [0.2, 0.25) is 0 Å². The molecule has 2 N–H and O–H groups in total. The maximum Gasteiger partial charge on any atom is 0.271 e. The molecule has 182 valence electrons. The molecule has 0 saturated carbocycles. The number of carbonyl (C=O) groups excluding carboxylic acids is 1. The highest BCUT2D eigenvalue weighted by atomic mass is 16.5. The standard InChI is InChI=1S/C24H23N9O3/c1-32-13-18(27-14-32)23(34)25-12-16-5-4-6-20(28-16)30-21-10-22-29-17(7-8-33(22)31-21)15-9-19(35-2)24(36-3)26-11-15/h4-11,13-14H,12H2,1-3H3,(H,25,34)(H,28,30,31). The molecule has 0 aliphatic rings. The van der Waals surface area contributed by atoms with Gasteiger partial charge in [0.1, 0.15) is 11.5 Å². The van der Waals surface area contributed by atoms with Crippen molar-refractivity contribution in [2.24, 2.45) is 7.05 Å². The van der Waals surface area contributed by atoms with E-state index >= 15 is 0 Å². The molecule has 5 aromatic rings. The van der Waals surface area contributed by atoms with Crippen molar-refractivity contribution in [2.45, 2.75) is 6.54 Å². The number of ether oxygens (including phenoxy) is 2. The molecule has 1 amide bonds. The van der Waals surface area contributed by atoms with Crippen molar-refractivity contribution in [2.75, 3.05) is 19.5 Å². The lowest BCUT2D eigenvalue weighted by molar-refractivity contribution is 0.0946. The minimum atomic E-state index is -0.261. The van der Waals surface area contributed by atoms with Crippen LogP contribution in [-0.4, -0.2) is 54.2 Å². The largest absolute Gasteiger partial charge is 0.491 e. The fourth-order valence-electron chi connectivity index (χ4n) is 3.54. The van der Waals surface area contributed by atoms with Crippen molar-refractivity contribution in [1.29, 1.82) is 0 Å². The molecule has 0 fully saturated rings. The Morgan fingerprint density at radius 3 is 2.72 bits per heavy atom. The highest BCUT2D eigenvalue weighted by molar-refractivity contribution is 5.91. The number of anilines is 2. The summed E-state index contributed by atoms with van der Waals surface area (Å²) in [5, 5.41) is 10.5. The molecule has 0 unspecified atom stereocenters. The molecule has 0 aromatic carbocycles. The average Bonchev–Trinajstić information content (AvgIpc) is 3.52. The molecule has 36 heavy (non-hydrogen) atoms. The zero-order valence-corrected chi connectivity index (χ0v) is 19.8. The quantitative estimate of drug-likeness (QED) is 0.340. The Morgan fingerprint density at radius 1 is 1.06 bits per heavy atom. The molecular formula is C24H23N9O3. The number of imidazole rings is 1. The number of hydrogen-bond acceptors (Lipinski definition) is 9. The van der Waals surface area contributed by atoms with Gasteiger partial charge in [-0.05, 0) is 24.3 Å². The molecule has 0 bridgehead atoms. The van der Waals surface area contributed by atoms with Gasteiger partial charge in [0.15, 0.2) is 17.2 Å². The first-order valence-corrected chi connectivity index (χ1v) is 11.0. The summed E-state index contributed by atoms with van der Waals surface area (Å²) in [4.78, 5) is 29.8. The van der Waals surface area contributed by atoms with E-state index in [1.165, 1.54) is 0 Å². The highest BCUT2D eigenvalue weighted by Crippen LogP contribution is 2.29. The van der Waals surface area contributed by atoms with E-state index in [1.807, 2.05) is 49.6 Å². The number of carbonyl (C=O) groups is 1. The number of amides is 1. The SMILES string of the molecule is COc1cc(-c2ccn3nc(Nc4cccc(CNC(=O)c5cn(C)cn5)n4)cc3n2)cnc1OC. The van der Waals surface area contributed by atoms with Crippen LogP contribution in [0.1, 0.15) is 16.2 Å². The summed E-state index contributed by atoms with van der Waals surface area (Å²) in [6.07, 6.45) is 6.73. The summed E-state index contributed by atoms with van der Waals surface area (Å²) in [7, 11) is 4.91. The van der Waals surface area contributed by atoms with Crippen molar-refractivity contribution < 1.29 is 14.3 Å². The smallest absolute Gasteiger partial charge is 0.271 e. The Hall–Kier alpha value is -5.00. The predicted molar refractivity (Wildman–Crippen MR) is 131 cm³/mol. The summed E-state index contributed by atoms with van der Waals surface area (Å²) < 4.78 is 13.9. The molecule has 0 aliphatic carbocycles. The first kappa shape index (κ1) is 22.8. The summed E-state index contributed by atoms with van der Waals surface area (Å²) in [6.45, 7) is 0.264. The van der Waals surface area contributed by atoms with E-state index in [-0.39, 0.29) is 12.5 Å². The topological polar surface area (TPSA) is 133 Å². The number of fused-ring (bicyclic) bond motifs is 1. The van der Waals surface area contributed by atoms with E-state index in [9.17, 15) is 4.79 Å². The molecule has 0 atom stereocenters. The van der Waals surface area contributed by atoms with Crippen molar-refractivity contribution in [1.82, 2.24) is 39.4 Å². The second-order valence-electron chi connectivity index (χ2n) is 7.83. The molecule has 0 spiro atoms. The number of hydrogen-bond donors (Lipinski definition) is 2. The molecule has 0 aliphatic heterocycles. The van der Waals surface area contributed by atoms with Crippen LogP contribution in [0.5, 0.6) is 11.6 Å². The van der Waals surface area contributed by atoms with Gasteiger partial charge in [-0.2, -0.15) is 0 Å². The number of pyridine rings is 2.